The van der Waals surface area contributed by atoms with Crippen molar-refractivity contribution in [3.05, 3.63) is 94.3 Å². The molecule has 0 unspecified atom stereocenters. The Kier molecular flexibility index (Phi) is 5.67. The normalized spacial score (nSPS) is 11.2. The summed E-state index contributed by atoms with van der Waals surface area (Å²) < 4.78 is 3.20. The third-order valence-electron chi connectivity index (χ3n) is 5.80. The number of nitrogen functional groups attached to an aromatic ring is 1. The van der Waals surface area contributed by atoms with Crippen LogP contribution in [0, 0.1) is 0 Å². The number of anilines is 2. The summed E-state index contributed by atoms with van der Waals surface area (Å²) >= 11 is 4.93. The Morgan fingerprint density at radius 1 is 1.03 bits per heavy atom. The predicted octanol–water partition coefficient (Wildman–Crippen LogP) is 5.75. The fourth-order valence-corrected chi connectivity index (χ4v) is 5.63. The van der Waals surface area contributed by atoms with Crippen LogP contribution in [0.3, 0.4) is 0 Å². The lowest BCUT2D eigenvalue weighted by Gasteiger charge is -2.08. The van der Waals surface area contributed by atoms with Crippen molar-refractivity contribution in [2.75, 3.05) is 11.1 Å². The summed E-state index contributed by atoms with van der Waals surface area (Å²) in [5.74, 6) is 0.0869. The third-order valence-corrected chi connectivity index (χ3v) is 7.34. The number of thiophene rings is 1. The third kappa shape index (κ3) is 4.00. The van der Waals surface area contributed by atoms with Crippen LogP contribution in [-0.2, 0) is 6.54 Å². The van der Waals surface area contributed by atoms with Crippen LogP contribution in [0.2, 0.25) is 0 Å². The van der Waals surface area contributed by atoms with Crippen molar-refractivity contribution in [1.82, 2.24) is 24.7 Å². The molecule has 176 valence electrons. The van der Waals surface area contributed by atoms with Gasteiger partial charge in [-0.25, -0.2) is 9.97 Å². The number of fused-ring (bicyclic) bond motifs is 2. The van der Waals surface area contributed by atoms with Gasteiger partial charge in [0.05, 0.1) is 50.3 Å². The largest absolute Gasteiger partial charge is 0.382 e. The molecule has 0 aliphatic carbocycles. The van der Waals surface area contributed by atoms with E-state index in [9.17, 15) is 4.79 Å². The molecule has 0 fully saturated rings. The summed E-state index contributed by atoms with van der Waals surface area (Å²) in [6.45, 7) is 0.478. The zero-order valence-electron chi connectivity index (χ0n) is 18.7. The summed E-state index contributed by atoms with van der Waals surface area (Å²) in [6.07, 6.45) is 1.36. The van der Waals surface area contributed by atoms with Crippen LogP contribution in [0.15, 0.2) is 83.0 Å². The van der Waals surface area contributed by atoms with Gasteiger partial charge in [0.25, 0.3) is 5.91 Å². The molecule has 0 saturated heterocycles. The highest BCUT2D eigenvalue weighted by Gasteiger charge is 2.19. The van der Waals surface area contributed by atoms with Crippen LogP contribution in [0.4, 0.5) is 11.5 Å². The molecule has 2 aromatic carbocycles. The Hall–Kier alpha value is -4.15. The van der Waals surface area contributed by atoms with Gasteiger partial charge in [0.15, 0.2) is 0 Å². The molecule has 36 heavy (non-hydrogen) atoms. The molecule has 0 atom stereocenters. The van der Waals surface area contributed by atoms with Gasteiger partial charge in [0, 0.05) is 10.9 Å². The molecule has 6 rings (SSSR count). The maximum Gasteiger partial charge on any atom is 0.258 e. The van der Waals surface area contributed by atoms with Gasteiger partial charge in [-0.3, -0.25) is 14.5 Å². The molecule has 4 heterocycles. The lowest BCUT2D eigenvalue weighted by molar-refractivity contribution is 0.102. The number of carbonyl (C=O) groups is 1. The van der Waals surface area contributed by atoms with Crippen LogP contribution in [0.1, 0.15) is 16.1 Å². The fourth-order valence-electron chi connectivity index (χ4n) is 4.12. The fraction of sp³-hybridized carbons (Fsp3) is 0.0385. The van der Waals surface area contributed by atoms with E-state index in [1.807, 2.05) is 71.4 Å². The highest BCUT2D eigenvalue weighted by molar-refractivity contribution is 9.10. The number of nitrogens with two attached hydrogens (primary N) is 1. The minimum atomic E-state index is -0.274. The van der Waals surface area contributed by atoms with Crippen molar-refractivity contribution in [2.24, 2.45) is 0 Å². The number of hydrogen-bond acceptors (Lipinski definition) is 7. The standard InChI is InChI=1S/C26H18BrN7OS/c27-24-21-19(32-26(35)17-13-36-23-22(17)29-14-30-25(23)28)10-5-11-20(21)34(33-24)12-16-8-4-9-18(31-16)15-6-2-1-3-7-15/h1-11,13-14H,12H2,(H,32,35)(H2,28,29,30). The second kappa shape index (κ2) is 9.14. The molecule has 0 spiro atoms. The van der Waals surface area contributed by atoms with Crippen molar-refractivity contribution < 1.29 is 4.79 Å². The second-order valence-electron chi connectivity index (χ2n) is 8.07. The Bertz CT molecular complexity index is 1750. The molecule has 6 aromatic rings. The first-order valence-electron chi connectivity index (χ1n) is 11.0. The van der Waals surface area contributed by atoms with Gasteiger partial charge in [0.1, 0.15) is 16.7 Å². The number of pyridine rings is 1. The Balaban J connectivity index is 1.32. The second-order valence-corrected chi connectivity index (χ2v) is 9.70. The van der Waals surface area contributed by atoms with E-state index < -0.39 is 0 Å². The first-order valence-corrected chi connectivity index (χ1v) is 12.7. The smallest absolute Gasteiger partial charge is 0.258 e. The summed E-state index contributed by atoms with van der Waals surface area (Å²) in [7, 11) is 0. The lowest BCUT2D eigenvalue weighted by atomic mass is 10.1. The van der Waals surface area contributed by atoms with Crippen molar-refractivity contribution in [3.8, 4) is 11.3 Å². The molecule has 10 heteroatoms. The van der Waals surface area contributed by atoms with Gasteiger partial charge in [-0.15, -0.1) is 11.3 Å². The number of hydrogen-bond donors (Lipinski definition) is 2. The van der Waals surface area contributed by atoms with Crippen molar-refractivity contribution in [1.29, 1.82) is 0 Å². The van der Waals surface area contributed by atoms with E-state index in [0.717, 1.165) is 27.9 Å². The Labute approximate surface area is 218 Å². The quantitative estimate of drug-likeness (QED) is 0.280. The molecule has 4 aromatic heterocycles. The van der Waals surface area contributed by atoms with Gasteiger partial charge >= 0.3 is 0 Å². The van der Waals surface area contributed by atoms with Gasteiger partial charge in [-0.1, -0.05) is 42.5 Å². The van der Waals surface area contributed by atoms with Crippen LogP contribution in [-0.4, -0.2) is 30.6 Å². The highest BCUT2D eigenvalue weighted by atomic mass is 79.9. The van der Waals surface area contributed by atoms with Gasteiger partial charge in [-0.05, 0) is 40.2 Å². The molecule has 0 aliphatic rings. The van der Waals surface area contributed by atoms with Crippen LogP contribution >= 0.6 is 27.3 Å². The number of rotatable bonds is 5. The van der Waals surface area contributed by atoms with E-state index in [1.54, 1.807) is 5.38 Å². The zero-order chi connectivity index (χ0) is 24.6. The number of halogens is 1. The molecule has 1 amide bonds. The summed E-state index contributed by atoms with van der Waals surface area (Å²) in [4.78, 5) is 26.2. The number of nitrogens with one attached hydrogen (secondary N) is 1. The van der Waals surface area contributed by atoms with Crippen molar-refractivity contribution in [2.45, 2.75) is 6.54 Å². The monoisotopic (exact) mass is 555 g/mol. The molecular formula is C26H18BrN7OS. The van der Waals surface area contributed by atoms with E-state index in [1.165, 1.54) is 17.7 Å². The number of benzene rings is 2. The van der Waals surface area contributed by atoms with Crippen molar-refractivity contribution >= 4 is 65.8 Å². The average Bonchev–Trinajstić information content (AvgIpc) is 3.47. The van der Waals surface area contributed by atoms with E-state index in [4.69, 9.17) is 10.7 Å². The van der Waals surface area contributed by atoms with Gasteiger partial charge in [0.2, 0.25) is 0 Å². The first kappa shape index (κ1) is 22.3. The Morgan fingerprint density at radius 2 is 1.86 bits per heavy atom. The van der Waals surface area contributed by atoms with Crippen LogP contribution < -0.4 is 11.1 Å². The average molecular weight is 556 g/mol. The topological polar surface area (TPSA) is 112 Å². The number of amides is 1. The summed E-state index contributed by atoms with van der Waals surface area (Å²) in [5, 5.41) is 10.3. The molecule has 0 bridgehead atoms. The van der Waals surface area contributed by atoms with E-state index >= 15 is 0 Å². The zero-order valence-corrected chi connectivity index (χ0v) is 21.1. The van der Waals surface area contributed by atoms with E-state index in [0.29, 0.717) is 38.4 Å². The number of carbonyl (C=O) groups excluding carboxylic acids is 1. The molecule has 3 N–H and O–H groups in total. The minimum Gasteiger partial charge on any atom is -0.382 e. The molecular weight excluding hydrogens is 538 g/mol. The maximum atomic E-state index is 13.2. The summed E-state index contributed by atoms with van der Waals surface area (Å²) in [6, 6.07) is 21.8. The number of aromatic nitrogens is 5. The predicted molar refractivity (Wildman–Crippen MR) is 146 cm³/mol. The molecule has 0 aliphatic heterocycles. The highest BCUT2D eigenvalue weighted by Crippen LogP contribution is 2.33. The van der Waals surface area contributed by atoms with E-state index in [2.05, 4.69) is 36.3 Å². The Morgan fingerprint density at radius 3 is 2.72 bits per heavy atom. The first-order chi connectivity index (χ1) is 17.6. The SMILES string of the molecule is Nc1ncnc2c(C(=O)Nc3cccc4c3c(Br)nn4Cc3cccc(-c4ccccc4)n3)csc12. The lowest BCUT2D eigenvalue weighted by Crippen LogP contribution is -2.12. The summed E-state index contributed by atoms with van der Waals surface area (Å²) in [5.41, 5.74) is 11.3. The van der Waals surface area contributed by atoms with Gasteiger partial charge < -0.3 is 11.1 Å². The number of nitrogens with zero attached hydrogens (tertiary/aromatic N) is 5. The van der Waals surface area contributed by atoms with E-state index in [-0.39, 0.29) is 5.91 Å². The minimum absolute atomic E-state index is 0.274. The molecule has 0 radical (unpaired) electrons. The van der Waals surface area contributed by atoms with Crippen LogP contribution in [0.5, 0.6) is 0 Å². The van der Waals surface area contributed by atoms with Gasteiger partial charge in [-0.2, -0.15) is 5.10 Å². The van der Waals surface area contributed by atoms with Crippen molar-refractivity contribution in [3.63, 3.8) is 0 Å². The maximum absolute atomic E-state index is 13.2. The molecule has 8 nitrogen and oxygen atoms in total. The molecule has 0 saturated carbocycles. The van der Waals surface area contributed by atoms with Crippen LogP contribution in [0.25, 0.3) is 32.4 Å².